The summed E-state index contributed by atoms with van der Waals surface area (Å²) in [5.74, 6) is 0.348. The molecule has 1 atom stereocenters. The Bertz CT molecular complexity index is 827. The van der Waals surface area contributed by atoms with Gasteiger partial charge in [0.25, 0.3) is 0 Å². The van der Waals surface area contributed by atoms with Gasteiger partial charge in [-0.25, -0.2) is 9.37 Å². The molecule has 3 rings (SSSR count). The summed E-state index contributed by atoms with van der Waals surface area (Å²) in [6.07, 6.45) is 0. The maximum atomic E-state index is 14.4. The lowest BCUT2D eigenvalue weighted by Gasteiger charge is -2.12. The predicted octanol–water partition coefficient (Wildman–Crippen LogP) is 5.54. The molecule has 1 heterocycles. The molecule has 0 radical (unpaired) electrons. The van der Waals surface area contributed by atoms with Crippen molar-refractivity contribution >= 4 is 38.6 Å². The number of hydrogen-bond donors (Lipinski definition) is 0. The quantitative estimate of drug-likeness (QED) is 0.544. The van der Waals surface area contributed by atoms with Gasteiger partial charge >= 0.3 is 0 Å². The van der Waals surface area contributed by atoms with Crippen LogP contribution in [0.1, 0.15) is 23.7 Å². The molecule has 0 aliphatic carbocycles. The highest BCUT2D eigenvalue weighted by atomic mass is 79.9. The first kappa shape index (κ1) is 14.5. The van der Waals surface area contributed by atoms with Crippen LogP contribution >= 0.6 is 27.5 Å². The number of hydrogen-bond acceptors (Lipinski definition) is 1. The van der Waals surface area contributed by atoms with E-state index in [1.807, 2.05) is 38.1 Å². The Labute approximate surface area is 135 Å². The summed E-state index contributed by atoms with van der Waals surface area (Å²) >= 11 is 9.68. The molecule has 108 valence electrons. The van der Waals surface area contributed by atoms with Crippen LogP contribution < -0.4 is 0 Å². The predicted molar refractivity (Wildman–Crippen MR) is 87.7 cm³/mol. The van der Waals surface area contributed by atoms with E-state index in [1.165, 1.54) is 6.07 Å². The molecule has 1 unspecified atom stereocenters. The van der Waals surface area contributed by atoms with E-state index < -0.39 is 0 Å². The van der Waals surface area contributed by atoms with Gasteiger partial charge in [0.15, 0.2) is 0 Å². The van der Waals surface area contributed by atoms with Gasteiger partial charge in [-0.3, -0.25) is 4.57 Å². The Morgan fingerprint density at radius 3 is 2.67 bits per heavy atom. The van der Waals surface area contributed by atoms with Crippen molar-refractivity contribution < 1.29 is 4.39 Å². The first-order valence-electron chi connectivity index (χ1n) is 6.56. The number of imidazole rings is 1. The summed E-state index contributed by atoms with van der Waals surface area (Å²) in [6.45, 7) is 3.70. The van der Waals surface area contributed by atoms with Gasteiger partial charge in [-0.15, -0.1) is 11.6 Å². The second-order valence-electron chi connectivity index (χ2n) is 5.01. The number of rotatable bonds is 2. The maximum Gasteiger partial charge on any atom is 0.147 e. The first-order valence-corrected chi connectivity index (χ1v) is 7.79. The maximum absolute atomic E-state index is 14.4. The Hall–Kier alpha value is -1.39. The van der Waals surface area contributed by atoms with E-state index in [2.05, 4.69) is 20.9 Å². The summed E-state index contributed by atoms with van der Waals surface area (Å²) in [5, 5.41) is -0.322. The Balaban J connectivity index is 2.38. The summed E-state index contributed by atoms with van der Waals surface area (Å²) in [5.41, 5.74) is 2.96. The minimum absolute atomic E-state index is 0.284. The van der Waals surface area contributed by atoms with E-state index in [4.69, 9.17) is 11.6 Å². The number of benzene rings is 2. The zero-order chi connectivity index (χ0) is 15.1. The van der Waals surface area contributed by atoms with Crippen molar-refractivity contribution in [2.24, 2.45) is 0 Å². The molecular weight excluding hydrogens is 355 g/mol. The molecule has 2 aromatic carbocycles. The van der Waals surface area contributed by atoms with Crippen LogP contribution in [0.3, 0.4) is 0 Å². The summed E-state index contributed by atoms with van der Waals surface area (Å²) in [7, 11) is 0. The summed E-state index contributed by atoms with van der Waals surface area (Å²) in [4.78, 5) is 4.54. The van der Waals surface area contributed by atoms with Crippen molar-refractivity contribution in [2.75, 3.05) is 0 Å². The molecule has 0 N–H and O–H groups in total. The van der Waals surface area contributed by atoms with Crippen LogP contribution in [0.15, 0.2) is 40.9 Å². The van der Waals surface area contributed by atoms with Crippen molar-refractivity contribution in [3.63, 3.8) is 0 Å². The monoisotopic (exact) mass is 366 g/mol. The van der Waals surface area contributed by atoms with E-state index in [0.717, 1.165) is 21.1 Å². The van der Waals surface area contributed by atoms with Gasteiger partial charge in [0, 0.05) is 4.47 Å². The minimum Gasteiger partial charge on any atom is -0.292 e. The van der Waals surface area contributed by atoms with Crippen LogP contribution in [0.25, 0.3) is 16.7 Å². The summed E-state index contributed by atoms with van der Waals surface area (Å²) < 4.78 is 17.1. The smallest absolute Gasteiger partial charge is 0.147 e. The number of fused-ring (bicyclic) bond motifs is 1. The number of aryl methyl sites for hydroxylation is 1. The molecular formula is C16H13BrClFN2. The topological polar surface area (TPSA) is 17.8 Å². The van der Waals surface area contributed by atoms with Gasteiger partial charge in [0.2, 0.25) is 0 Å². The van der Waals surface area contributed by atoms with Crippen molar-refractivity contribution in [3.05, 3.63) is 58.1 Å². The lowest BCUT2D eigenvalue weighted by atomic mass is 10.2. The normalized spacial score (nSPS) is 12.8. The van der Waals surface area contributed by atoms with Gasteiger partial charge in [-0.2, -0.15) is 0 Å². The van der Waals surface area contributed by atoms with Gasteiger partial charge < -0.3 is 0 Å². The van der Waals surface area contributed by atoms with Crippen molar-refractivity contribution in [2.45, 2.75) is 19.2 Å². The highest BCUT2D eigenvalue weighted by Gasteiger charge is 2.18. The Morgan fingerprint density at radius 1 is 1.24 bits per heavy atom. The van der Waals surface area contributed by atoms with Crippen LogP contribution in [-0.4, -0.2) is 9.55 Å². The molecule has 1 aromatic heterocycles. The number of nitrogens with zero attached hydrogens (tertiary/aromatic N) is 2. The lowest BCUT2D eigenvalue weighted by molar-refractivity contribution is 0.615. The molecule has 0 saturated heterocycles. The molecule has 2 nitrogen and oxygen atoms in total. The van der Waals surface area contributed by atoms with Crippen molar-refractivity contribution in [1.82, 2.24) is 9.55 Å². The molecule has 0 amide bonds. The second kappa shape index (κ2) is 5.43. The minimum atomic E-state index is -0.322. The molecule has 5 heteroatoms. The van der Waals surface area contributed by atoms with E-state index in [-0.39, 0.29) is 11.2 Å². The fraction of sp³-hybridized carbons (Fsp3) is 0.188. The van der Waals surface area contributed by atoms with E-state index in [1.54, 1.807) is 10.6 Å². The van der Waals surface area contributed by atoms with E-state index >= 15 is 0 Å². The van der Waals surface area contributed by atoms with Crippen molar-refractivity contribution in [3.8, 4) is 5.69 Å². The SMILES string of the molecule is Cc1ccc(-n2c(C(C)Cl)nc3ccc(Br)cc32)c(F)c1. The van der Waals surface area contributed by atoms with Gasteiger partial charge in [0.05, 0.1) is 22.1 Å². The average molecular weight is 368 g/mol. The molecule has 0 aliphatic rings. The molecule has 3 aromatic rings. The molecule has 0 saturated carbocycles. The second-order valence-corrected chi connectivity index (χ2v) is 6.58. The van der Waals surface area contributed by atoms with Crippen LogP contribution in [0.4, 0.5) is 4.39 Å². The number of aromatic nitrogens is 2. The molecule has 0 aliphatic heterocycles. The highest BCUT2D eigenvalue weighted by molar-refractivity contribution is 9.10. The molecule has 21 heavy (non-hydrogen) atoms. The van der Waals surface area contributed by atoms with Gasteiger partial charge in [0.1, 0.15) is 11.6 Å². The van der Waals surface area contributed by atoms with E-state index in [0.29, 0.717) is 11.5 Å². The third-order valence-corrected chi connectivity index (χ3v) is 4.03. The first-order chi connectivity index (χ1) is 9.97. The zero-order valence-electron chi connectivity index (χ0n) is 11.6. The summed E-state index contributed by atoms with van der Waals surface area (Å²) in [6, 6.07) is 10.9. The molecule has 0 bridgehead atoms. The third-order valence-electron chi connectivity index (χ3n) is 3.34. The highest BCUT2D eigenvalue weighted by Crippen LogP contribution is 2.31. The van der Waals surface area contributed by atoms with Gasteiger partial charge in [-0.1, -0.05) is 22.0 Å². The lowest BCUT2D eigenvalue weighted by Crippen LogP contribution is -2.04. The third kappa shape index (κ3) is 2.58. The van der Waals surface area contributed by atoms with Crippen LogP contribution in [0, 0.1) is 12.7 Å². The van der Waals surface area contributed by atoms with Crippen LogP contribution in [0.5, 0.6) is 0 Å². The number of halogens is 3. The average Bonchev–Trinajstić information content (AvgIpc) is 2.77. The van der Waals surface area contributed by atoms with E-state index in [9.17, 15) is 4.39 Å². The van der Waals surface area contributed by atoms with Crippen LogP contribution in [0.2, 0.25) is 0 Å². The molecule has 0 spiro atoms. The Morgan fingerprint density at radius 2 is 2.00 bits per heavy atom. The fourth-order valence-electron chi connectivity index (χ4n) is 2.38. The van der Waals surface area contributed by atoms with Crippen molar-refractivity contribution in [1.29, 1.82) is 0 Å². The zero-order valence-corrected chi connectivity index (χ0v) is 13.9. The largest absolute Gasteiger partial charge is 0.292 e. The molecule has 0 fully saturated rings. The Kier molecular flexibility index (Phi) is 3.76. The number of alkyl halides is 1. The standard InChI is InChI=1S/C16H13BrClFN2/c1-9-3-6-14(12(19)7-9)21-15-8-11(17)4-5-13(15)20-16(21)10(2)18/h3-8,10H,1-2H3. The van der Waals surface area contributed by atoms with Gasteiger partial charge in [-0.05, 0) is 49.7 Å². The van der Waals surface area contributed by atoms with Crippen LogP contribution in [-0.2, 0) is 0 Å². The fourth-order valence-corrected chi connectivity index (χ4v) is 2.88.